The molecule has 0 spiro atoms. The van der Waals surface area contributed by atoms with Crippen molar-refractivity contribution in [3.05, 3.63) is 71.8 Å². The fourth-order valence-corrected chi connectivity index (χ4v) is 8.29. The van der Waals surface area contributed by atoms with Gasteiger partial charge in [0.2, 0.25) is 0 Å². The fourth-order valence-electron chi connectivity index (χ4n) is 6.77. The highest BCUT2D eigenvalue weighted by molar-refractivity contribution is 9.10. The Bertz CT molecular complexity index is 843. The number of ether oxygens (including phenoxy) is 1. The van der Waals surface area contributed by atoms with Crippen molar-refractivity contribution < 1.29 is 4.74 Å². The van der Waals surface area contributed by atoms with Crippen molar-refractivity contribution >= 4 is 15.9 Å². The van der Waals surface area contributed by atoms with Gasteiger partial charge in [0.05, 0.1) is 6.10 Å². The average molecular weight is 570 g/mol. The van der Waals surface area contributed by atoms with Crippen LogP contribution in [0.3, 0.4) is 0 Å². The lowest BCUT2D eigenvalue weighted by Crippen LogP contribution is -2.32. The van der Waals surface area contributed by atoms with Gasteiger partial charge in [-0.1, -0.05) is 124 Å². The predicted molar refractivity (Wildman–Crippen MR) is 164 cm³/mol. The number of halogens is 1. The number of hydrogen-bond donors (Lipinski definition) is 0. The van der Waals surface area contributed by atoms with Crippen molar-refractivity contribution in [3.8, 4) is 0 Å². The summed E-state index contributed by atoms with van der Waals surface area (Å²) in [5.41, 5.74) is 2.78. The van der Waals surface area contributed by atoms with Gasteiger partial charge in [-0.15, -0.1) is 0 Å². The number of benzene rings is 2. The molecule has 0 heterocycles. The molecular formula is C35H53BrO. The Balaban J connectivity index is 1.79. The zero-order chi connectivity index (χ0) is 26.7. The molecule has 0 aromatic heterocycles. The number of alkyl halides is 1. The van der Waals surface area contributed by atoms with Crippen molar-refractivity contribution in [3.63, 3.8) is 0 Å². The molecule has 1 fully saturated rings. The van der Waals surface area contributed by atoms with Crippen LogP contribution in [-0.4, -0.2) is 10.9 Å². The van der Waals surface area contributed by atoms with Gasteiger partial charge in [0, 0.05) is 10.9 Å². The summed E-state index contributed by atoms with van der Waals surface area (Å²) in [6, 6.07) is 22.0. The van der Waals surface area contributed by atoms with Crippen molar-refractivity contribution in [2.24, 2.45) is 29.6 Å². The second-order valence-electron chi connectivity index (χ2n) is 12.9. The van der Waals surface area contributed by atoms with Crippen molar-refractivity contribution in [1.29, 1.82) is 0 Å². The van der Waals surface area contributed by atoms with Gasteiger partial charge in [-0.25, -0.2) is 0 Å². The van der Waals surface area contributed by atoms with E-state index in [-0.39, 0.29) is 10.4 Å². The maximum Gasteiger partial charge on any atom is 0.0855 e. The molecule has 0 saturated heterocycles. The van der Waals surface area contributed by atoms with E-state index in [1.807, 2.05) is 0 Å². The van der Waals surface area contributed by atoms with E-state index in [2.05, 4.69) is 111 Å². The minimum atomic E-state index is 0.185. The monoisotopic (exact) mass is 568 g/mol. The van der Waals surface area contributed by atoms with E-state index in [1.54, 1.807) is 0 Å². The first-order valence-electron chi connectivity index (χ1n) is 15.1. The molecule has 1 saturated carbocycles. The lowest BCUT2D eigenvalue weighted by molar-refractivity contribution is -0.0243. The molecule has 2 aromatic carbocycles. The van der Waals surface area contributed by atoms with Crippen LogP contribution in [0.2, 0.25) is 0 Å². The van der Waals surface area contributed by atoms with Gasteiger partial charge < -0.3 is 4.74 Å². The number of aryl methyl sites for hydroxylation is 1. The van der Waals surface area contributed by atoms with Crippen LogP contribution >= 0.6 is 15.9 Å². The summed E-state index contributed by atoms with van der Waals surface area (Å²) in [5.74, 6) is 3.60. The highest BCUT2D eigenvalue weighted by Gasteiger charge is 2.36. The molecule has 0 N–H and O–H groups in total. The van der Waals surface area contributed by atoms with Crippen molar-refractivity contribution in [2.45, 2.75) is 109 Å². The quantitative estimate of drug-likeness (QED) is 0.153. The smallest absolute Gasteiger partial charge is 0.0855 e. The SMILES string of the molecule is CC(C)CC(Br)(CCC(C1CCC(C)CC1)C(OCCCc1ccccc1)c1ccccc1)CC(C)C. The molecule has 206 valence electrons. The lowest BCUT2D eigenvalue weighted by atomic mass is 9.70. The summed E-state index contributed by atoms with van der Waals surface area (Å²) in [7, 11) is 0. The third-order valence-corrected chi connectivity index (χ3v) is 9.45. The number of hydrogen-bond acceptors (Lipinski definition) is 1. The normalized spacial score (nSPS) is 20.3. The standard InChI is InChI=1S/C35H53BrO/c1-27(2)25-35(36,26-28(3)4)23-22-33(31-20-18-29(5)19-21-31)34(32-16-10-7-11-17-32)37-24-12-15-30-13-8-6-9-14-30/h6-11,13-14,16-17,27-29,31,33-34H,12,15,18-26H2,1-5H3. The summed E-state index contributed by atoms with van der Waals surface area (Å²) < 4.78 is 7.13. The molecule has 2 aromatic rings. The molecule has 2 atom stereocenters. The highest BCUT2D eigenvalue weighted by Crippen LogP contribution is 2.46. The van der Waals surface area contributed by atoms with Gasteiger partial charge in [0.1, 0.15) is 0 Å². The molecule has 0 aliphatic heterocycles. The molecule has 2 heteroatoms. The van der Waals surface area contributed by atoms with Gasteiger partial charge in [-0.05, 0) is 92.1 Å². The van der Waals surface area contributed by atoms with Crippen LogP contribution in [0.1, 0.15) is 110 Å². The van der Waals surface area contributed by atoms with Crippen LogP contribution < -0.4 is 0 Å². The zero-order valence-corrected chi connectivity index (χ0v) is 25.9. The molecule has 2 unspecified atom stereocenters. The molecule has 0 radical (unpaired) electrons. The Morgan fingerprint density at radius 3 is 1.97 bits per heavy atom. The van der Waals surface area contributed by atoms with Gasteiger partial charge in [-0.2, -0.15) is 0 Å². The second kappa shape index (κ2) is 15.5. The molecule has 0 bridgehead atoms. The first-order chi connectivity index (χ1) is 17.8. The van der Waals surface area contributed by atoms with Gasteiger partial charge in [-0.3, -0.25) is 0 Å². The van der Waals surface area contributed by atoms with Crippen molar-refractivity contribution in [1.82, 2.24) is 0 Å². The Labute approximate surface area is 237 Å². The van der Waals surface area contributed by atoms with Crippen LogP contribution in [0.25, 0.3) is 0 Å². The second-order valence-corrected chi connectivity index (χ2v) is 14.5. The van der Waals surface area contributed by atoms with Crippen LogP contribution in [0.15, 0.2) is 60.7 Å². The Morgan fingerprint density at radius 1 is 0.838 bits per heavy atom. The molecule has 0 amide bonds. The maximum atomic E-state index is 6.90. The van der Waals surface area contributed by atoms with E-state index in [9.17, 15) is 0 Å². The third-order valence-electron chi connectivity index (χ3n) is 8.41. The van der Waals surface area contributed by atoms with Crippen LogP contribution in [0.4, 0.5) is 0 Å². The minimum absolute atomic E-state index is 0.185. The molecule has 3 rings (SSSR count). The zero-order valence-electron chi connectivity index (χ0n) is 24.3. The van der Waals surface area contributed by atoms with Crippen LogP contribution in [0, 0.1) is 29.6 Å². The summed E-state index contributed by atoms with van der Waals surface area (Å²) in [5, 5.41) is 0. The highest BCUT2D eigenvalue weighted by atomic mass is 79.9. The molecule has 37 heavy (non-hydrogen) atoms. The van der Waals surface area contributed by atoms with Gasteiger partial charge in [0.15, 0.2) is 0 Å². The molecule has 1 aliphatic rings. The Hall–Kier alpha value is -1.12. The van der Waals surface area contributed by atoms with E-state index in [4.69, 9.17) is 4.74 Å². The molecular weight excluding hydrogens is 516 g/mol. The minimum Gasteiger partial charge on any atom is -0.373 e. The van der Waals surface area contributed by atoms with E-state index in [0.717, 1.165) is 31.3 Å². The summed E-state index contributed by atoms with van der Waals surface area (Å²) in [4.78, 5) is 0. The first kappa shape index (κ1) is 30.4. The summed E-state index contributed by atoms with van der Waals surface area (Å²) in [6.07, 6.45) is 12.7. The summed E-state index contributed by atoms with van der Waals surface area (Å²) >= 11 is 4.30. The van der Waals surface area contributed by atoms with E-state index in [0.29, 0.717) is 17.8 Å². The lowest BCUT2D eigenvalue weighted by Gasteiger charge is -2.40. The summed E-state index contributed by atoms with van der Waals surface area (Å²) in [6.45, 7) is 12.8. The Morgan fingerprint density at radius 2 is 1.41 bits per heavy atom. The van der Waals surface area contributed by atoms with Crippen molar-refractivity contribution in [2.75, 3.05) is 6.61 Å². The average Bonchev–Trinajstić information content (AvgIpc) is 2.86. The molecule has 1 aliphatic carbocycles. The third kappa shape index (κ3) is 10.5. The maximum absolute atomic E-state index is 6.90. The van der Waals surface area contributed by atoms with E-state index in [1.165, 1.54) is 62.5 Å². The largest absolute Gasteiger partial charge is 0.373 e. The first-order valence-corrected chi connectivity index (χ1v) is 15.9. The van der Waals surface area contributed by atoms with Crippen LogP contribution in [0.5, 0.6) is 0 Å². The fraction of sp³-hybridized carbons (Fsp3) is 0.657. The van der Waals surface area contributed by atoms with Crippen LogP contribution in [-0.2, 0) is 11.2 Å². The number of rotatable bonds is 15. The van der Waals surface area contributed by atoms with E-state index < -0.39 is 0 Å². The predicted octanol–water partition coefficient (Wildman–Crippen LogP) is 10.8. The van der Waals surface area contributed by atoms with E-state index >= 15 is 0 Å². The van der Waals surface area contributed by atoms with Gasteiger partial charge in [0.25, 0.3) is 0 Å². The molecule has 1 nitrogen and oxygen atoms in total. The topological polar surface area (TPSA) is 9.23 Å². The van der Waals surface area contributed by atoms with Gasteiger partial charge >= 0.3 is 0 Å². The Kier molecular flexibility index (Phi) is 12.7.